The lowest BCUT2D eigenvalue weighted by Gasteiger charge is -2.10. The predicted molar refractivity (Wildman–Crippen MR) is 105 cm³/mol. The van der Waals surface area contributed by atoms with Crippen LogP contribution in [0.15, 0.2) is 72.8 Å². The quantitative estimate of drug-likeness (QED) is 0.714. The van der Waals surface area contributed by atoms with Gasteiger partial charge in [0.05, 0.1) is 0 Å². The first-order valence-electron chi connectivity index (χ1n) is 8.38. The van der Waals surface area contributed by atoms with Crippen molar-refractivity contribution in [1.29, 1.82) is 0 Å². The Kier molecular flexibility index (Phi) is 5.13. The van der Waals surface area contributed by atoms with E-state index in [1.807, 2.05) is 44.2 Å². The van der Waals surface area contributed by atoms with E-state index in [4.69, 9.17) is 0 Å². The van der Waals surface area contributed by atoms with Crippen molar-refractivity contribution >= 4 is 23.2 Å². The smallest absolute Gasteiger partial charge is 0.255 e. The van der Waals surface area contributed by atoms with Crippen molar-refractivity contribution in [3.05, 3.63) is 95.1 Å². The monoisotopic (exact) mass is 344 g/mol. The molecule has 26 heavy (non-hydrogen) atoms. The fraction of sp³-hybridized carbons (Fsp3) is 0.0909. The van der Waals surface area contributed by atoms with Crippen LogP contribution < -0.4 is 10.6 Å². The van der Waals surface area contributed by atoms with Gasteiger partial charge in [0.2, 0.25) is 0 Å². The van der Waals surface area contributed by atoms with Gasteiger partial charge in [-0.25, -0.2) is 0 Å². The topological polar surface area (TPSA) is 58.2 Å². The molecule has 0 unspecified atom stereocenters. The SMILES string of the molecule is Cc1ccc(C(=O)Nc2cccc(NC(=O)c3ccccc3)c2)cc1C. The lowest BCUT2D eigenvalue weighted by molar-refractivity contribution is 0.101. The van der Waals surface area contributed by atoms with Crippen LogP contribution in [0.25, 0.3) is 0 Å². The number of hydrogen-bond acceptors (Lipinski definition) is 2. The Morgan fingerprint density at radius 3 is 1.85 bits per heavy atom. The highest BCUT2D eigenvalue weighted by Crippen LogP contribution is 2.18. The maximum absolute atomic E-state index is 12.4. The zero-order valence-electron chi connectivity index (χ0n) is 14.7. The molecule has 0 fully saturated rings. The van der Waals surface area contributed by atoms with Gasteiger partial charge in [-0.2, -0.15) is 0 Å². The highest BCUT2D eigenvalue weighted by Gasteiger charge is 2.09. The fourth-order valence-corrected chi connectivity index (χ4v) is 2.55. The van der Waals surface area contributed by atoms with Gasteiger partial charge in [0.15, 0.2) is 0 Å². The minimum absolute atomic E-state index is 0.181. The molecule has 2 N–H and O–H groups in total. The third-order valence-electron chi connectivity index (χ3n) is 4.18. The van der Waals surface area contributed by atoms with Crippen LogP contribution >= 0.6 is 0 Å². The van der Waals surface area contributed by atoms with E-state index in [1.165, 1.54) is 0 Å². The average Bonchev–Trinajstić information content (AvgIpc) is 2.65. The van der Waals surface area contributed by atoms with Crippen LogP contribution in [-0.2, 0) is 0 Å². The van der Waals surface area contributed by atoms with Gasteiger partial charge in [0.1, 0.15) is 0 Å². The second kappa shape index (κ2) is 7.66. The Bertz CT molecular complexity index is 949. The van der Waals surface area contributed by atoms with E-state index in [0.717, 1.165) is 11.1 Å². The molecule has 0 aliphatic carbocycles. The molecule has 130 valence electrons. The Balaban J connectivity index is 1.72. The molecule has 0 saturated heterocycles. The average molecular weight is 344 g/mol. The number of aryl methyl sites for hydroxylation is 2. The van der Waals surface area contributed by atoms with Crippen molar-refractivity contribution in [3.8, 4) is 0 Å². The third-order valence-corrected chi connectivity index (χ3v) is 4.18. The third kappa shape index (κ3) is 4.16. The maximum atomic E-state index is 12.4. The Morgan fingerprint density at radius 1 is 0.615 bits per heavy atom. The zero-order chi connectivity index (χ0) is 18.5. The van der Waals surface area contributed by atoms with Gasteiger partial charge in [0.25, 0.3) is 11.8 Å². The van der Waals surface area contributed by atoms with E-state index in [0.29, 0.717) is 22.5 Å². The van der Waals surface area contributed by atoms with Crippen molar-refractivity contribution in [2.45, 2.75) is 13.8 Å². The lowest BCUT2D eigenvalue weighted by atomic mass is 10.1. The van der Waals surface area contributed by atoms with Gasteiger partial charge in [-0.15, -0.1) is 0 Å². The summed E-state index contributed by atoms with van der Waals surface area (Å²) in [5, 5.41) is 5.71. The number of benzene rings is 3. The van der Waals surface area contributed by atoms with Crippen LogP contribution in [-0.4, -0.2) is 11.8 Å². The number of amides is 2. The first-order valence-corrected chi connectivity index (χ1v) is 8.38. The molecule has 3 aromatic carbocycles. The van der Waals surface area contributed by atoms with Gasteiger partial charge in [-0.05, 0) is 67.4 Å². The summed E-state index contributed by atoms with van der Waals surface area (Å²) in [6, 6.07) is 21.7. The summed E-state index contributed by atoms with van der Waals surface area (Å²) in [5.74, 6) is -0.372. The minimum Gasteiger partial charge on any atom is -0.322 e. The van der Waals surface area contributed by atoms with Gasteiger partial charge in [0, 0.05) is 22.5 Å². The van der Waals surface area contributed by atoms with Crippen molar-refractivity contribution in [2.24, 2.45) is 0 Å². The first kappa shape index (κ1) is 17.4. The maximum Gasteiger partial charge on any atom is 0.255 e. The molecule has 0 aromatic heterocycles. The molecule has 0 atom stereocenters. The van der Waals surface area contributed by atoms with Crippen molar-refractivity contribution in [3.63, 3.8) is 0 Å². The summed E-state index contributed by atoms with van der Waals surface area (Å²) < 4.78 is 0. The summed E-state index contributed by atoms with van der Waals surface area (Å²) in [6.45, 7) is 3.99. The first-order chi connectivity index (χ1) is 12.5. The molecule has 3 rings (SSSR count). The lowest BCUT2D eigenvalue weighted by Crippen LogP contribution is -2.14. The van der Waals surface area contributed by atoms with Crippen LogP contribution in [0.1, 0.15) is 31.8 Å². The molecule has 0 saturated carbocycles. The van der Waals surface area contributed by atoms with Gasteiger partial charge >= 0.3 is 0 Å². The Labute approximate surface area is 152 Å². The highest BCUT2D eigenvalue weighted by molar-refractivity contribution is 6.06. The van der Waals surface area contributed by atoms with Crippen molar-refractivity contribution in [1.82, 2.24) is 0 Å². The van der Waals surface area contributed by atoms with E-state index in [2.05, 4.69) is 10.6 Å². The molecular formula is C22H20N2O2. The van der Waals surface area contributed by atoms with Gasteiger partial charge < -0.3 is 10.6 Å². The summed E-state index contributed by atoms with van der Waals surface area (Å²) in [7, 11) is 0. The molecule has 0 spiro atoms. The number of carbonyl (C=O) groups excluding carboxylic acids is 2. The Morgan fingerprint density at radius 2 is 1.23 bits per heavy atom. The standard InChI is InChI=1S/C22H20N2O2/c1-15-11-12-18(13-16(15)2)22(26)24-20-10-6-9-19(14-20)23-21(25)17-7-4-3-5-8-17/h3-14H,1-2H3,(H,23,25)(H,24,26). The zero-order valence-corrected chi connectivity index (χ0v) is 14.7. The molecule has 0 aliphatic heterocycles. The van der Waals surface area contributed by atoms with Gasteiger partial charge in [-0.1, -0.05) is 30.3 Å². The molecular weight excluding hydrogens is 324 g/mol. The van der Waals surface area contributed by atoms with E-state index < -0.39 is 0 Å². The molecule has 0 radical (unpaired) electrons. The summed E-state index contributed by atoms with van der Waals surface area (Å²) >= 11 is 0. The Hall–Kier alpha value is -3.40. The minimum atomic E-state index is -0.191. The number of rotatable bonds is 4. The van der Waals surface area contributed by atoms with Crippen LogP contribution in [0.5, 0.6) is 0 Å². The number of hydrogen-bond donors (Lipinski definition) is 2. The second-order valence-electron chi connectivity index (χ2n) is 6.15. The van der Waals surface area contributed by atoms with E-state index in [9.17, 15) is 9.59 Å². The summed E-state index contributed by atoms with van der Waals surface area (Å²) in [6.07, 6.45) is 0. The van der Waals surface area contributed by atoms with Crippen LogP contribution in [0, 0.1) is 13.8 Å². The number of anilines is 2. The van der Waals surface area contributed by atoms with Gasteiger partial charge in [-0.3, -0.25) is 9.59 Å². The van der Waals surface area contributed by atoms with Crippen molar-refractivity contribution < 1.29 is 9.59 Å². The highest BCUT2D eigenvalue weighted by atomic mass is 16.2. The van der Waals surface area contributed by atoms with Crippen LogP contribution in [0.4, 0.5) is 11.4 Å². The van der Waals surface area contributed by atoms with Crippen molar-refractivity contribution in [2.75, 3.05) is 10.6 Å². The molecule has 0 heterocycles. The second-order valence-corrected chi connectivity index (χ2v) is 6.15. The van der Waals surface area contributed by atoms with E-state index >= 15 is 0 Å². The molecule has 0 bridgehead atoms. The molecule has 3 aromatic rings. The predicted octanol–water partition coefficient (Wildman–Crippen LogP) is 4.81. The molecule has 2 amide bonds. The molecule has 4 heteroatoms. The molecule has 0 aliphatic rings. The fourth-order valence-electron chi connectivity index (χ4n) is 2.55. The number of carbonyl (C=O) groups is 2. The largest absolute Gasteiger partial charge is 0.322 e. The van der Waals surface area contributed by atoms with Crippen LogP contribution in [0.3, 0.4) is 0 Å². The normalized spacial score (nSPS) is 10.2. The molecule has 4 nitrogen and oxygen atoms in total. The van der Waals surface area contributed by atoms with Crippen LogP contribution in [0.2, 0.25) is 0 Å². The summed E-state index contributed by atoms with van der Waals surface area (Å²) in [5.41, 5.74) is 4.65. The van der Waals surface area contributed by atoms with E-state index in [1.54, 1.807) is 42.5 Å². The summed E-state index contributed by atoms with van der Waals surface area (Å²) in [4.78, 5) is 24.7. The van der Waals surface area contributed by atoms with E-state index in [-0.39, 0.29) is 11.8 Å². The number of nitrogens with one attached hydrogen (secondary N) is 2.